The van der Waals surface area contributed by atoms with Gasteiger partial charge in [-0.25, -0.2) is 0 Å². The van der Waals surface area contributed by atoms with Gasteiger partial charge in [-0.15, -0.1) is 0 Å². The number of hydrogen-bond donors (Lipinski definition) is 0. The smallest absolute Gasteiger partial charge is 0.139 e. The van der Waals surface area contributed by atoms with Gasteiger partial charge in [-0.05, 0) is 37.1 Å². The summed E-state index contributed by atoms with van der Waals surface area (Å²) in [6.45, 7) is 12.4. The van der Waals surface area contributed by atoms with Gasteiger partial charge in [0.1, 0.15) is 11.5 Å². The molecule has 1 aliphatic rings. The van der Waals surface area contributed by atoms with Crippen LogP contribution in [0.5, 0.6) is 11.5 Å². The summed E-state index contributed by atoms with van der Waals surface area (Å²) in [5, 5.41) is 7.81. The first-order chi connectivity index (χ1) is 22.0. The topological polar surface area (TPSA) is 9.23 Å². The maximum atomic E-state index is 7.26. The van der Waals surface area contributed by atoms with Gasteiger partial charge < -0.3 is 36.7 Å². The Hall–Kier alpha value is -3.46. The van der Waals surface area contributed by atoms with Crippen LogP contribution >= 0.6 is 15.8 Å². The number of ether oxygens (including phenoxy) is 1. The SMILES string of the molecule is CC1(C)c2cccc(P(c3ccccc3)c3ccccc3)c2Oc2c(P(c3ccccc3)c3ccccc3)cccc21.[CH-]=C[CH2-].[Cl-].[Pd]. The van der Waals surface area contributed by atoms with Crippen LogP contribution in [0, 0.1) is 13.5 Å². The second kappa shape index (κ2) is 16.6. The van der Waals surface area contributed by atoms with E-state index in [4.69, 9.17) is 4.74 Å². The van der Waals surface area contributed by atoms with Gasteiger partial charge in [0.05, 0.1) is 0 Å². The van der Waals surface area contributed by atoms with E-state index < -0.39 is 15.8 Å². The van der Waals surface area contributed by atoms with E-state index in [9.17, 15) is 0 Å². The molecular formula is C42H36ClOP2Pd-3. The van der Waals surface area contributed by atoms with Gasteiger partial charge in [-0.3, -0.25) is 0 Å². The molecular weight excluding hydrogens is 724 g/mol. The molecule has 0 fully saturated rings. The van der Waals surface area contributed by atoms with Crippen LogP contribution in [-0.2, 0) is 25.8 Å². The van der Waals surface area contributed by atoms with Crippen molar-refractivity contribution in [2.45, 2.75) is 19.3 Å². The molecule has 1 heterocycles. The van der Waals surface area contributed by atoms with Crippen LogP contribution in [0.4, 0.5) is 0 Å². The standard InChI is InChI=1S/C39H32OP2.C3H4.ClH.Pd/c1-39(2)33-25-15-27-35(41(29-17-7-3-8-18-29)30-19-9-4-10-20-30)37(33)40-38-34(39)26-16-28-36(38)42(31-21-11-5-12-22-31)32-23-13-6-14-24-32;1-3-2;;/h3-28H,1-2H3;1,3H,2H2;1H;/q;-2;;/p-1. The molecule has 0 aromatic heterocycles. The molecule has 240 valence electrons. The fraction of sp³-hybridized carbons (Fsp3) is 0.0714. The minimum absolute atomic E-state index is 0. The number of fused-ring (bicyclic) bond motifs is 2. The minimum atomic E-state index is -0.824. The molecule has 0 saturated heterocycles. The molecule has 5 heteroatoms. The summed E-state index contributed by atoms with van der Waals surface area (Å²) in [6.07, 6.45) is 1.25. The first kappa shape index (κ1) is 36.4. The van der Waals surface area contributed by atoms with Crippen molar-refractivity contribution < 1.29 is 37.6 Å². The average Bonchev–Trinajstić information content (AvgIpc) is 3.08. The number of para-hydroxylation sites is 2. The van der Waals surface area contributed by atoms with Gasteiger partial charge in [-0.2, -0.15) is 0 Å². The molecule has 1 aliphatic heterocycles. The van der Waals surface area contributed by atoms with Crippen LogP contribution in [0.15, 0.2) is 164 Å². The number of halogens is 1. The van der Waals surface area contributed by atoms with E-state index in [0.29, 0.717) is 0 Å². The quantitative estimate of drug-likeness (QED) is 0.125. The van der Waals surface area contributed by atoms with Crippen molar-refractivity contribution in [3.63, 3.8) is 0 Å². The van der Waals surface area contributed by atoms with Gasteiger partial charge in [-0.1, -0.05) is 172 Å². The Balaban J connectivity index is 0.000000965. The fourth-order valence-corrected chi connectivity index (χ4v) is 10.8. The molecule has 47 heavy (non-hydrogen) atoms. The van der Waals surface area contributed by atoms with Crippen molar-refractivity contribution in [3.8, 4) is 11.5 Å². The molecule has 0 amide bonds. The first-order valence-corrected chi connectivity index (χ1v) is 17.8. The Bertz CT molecular complexity index is 1670. The summed E-state index contributed by atoms with van der Waals surface area (Å²) >= 11 is 0. The van der Waals surface area contributed by atoms with E-state index in [1.54, 1.807) is 0 Å². The molecule has 0 atom stereocenters. The molecule has 0 aliphatic carbocycles. The number of rotatable bonds is 6. The molecule has 0 bridgehead atoms. The Kier molecular flexibility index (Phi) is 12.8. The number of allylic oxidation sites excluding steroid dienone is 1. The van der Waals surface area contributed by atoms with E-state index in [1.807, 2.05) is 0 Å². The van der Waals surface area contributed by atoms with Gasteiger partial charge in [0.25, 0.3) is 0 Å². The van der Waals surface area contributed by atoms with Crippen LogP contribution in [0.2, 0.25) is 0 Å². The van der Waals surface area contributed by atoms with E-state index in [1.165, 1.54) is 49.0 Å². The molecule has 6 aromatic carbocycles. The molecule has 0 spiro atoms. The van der Waals surface area contributed by atoms with E-state index >= 15 is 0 Å². The van der Waals surface area contributed by atoms with Crippen molar-refractivity contribution >= 4 is 47.7 Å². The number of hydrogen-bond acceptors (Lipinski definition) is 1. The normalized spacial score (nSPS) is 12.2. The van der Waals surface area contributed by atoms with Crippen LogP contribution in [0.3, 0.4) is 0 Å². The zero-order chi connectivity index (χ0) is 31.2. The maximum Gasteiger partial charge on any atom is 0.139 e. The van der Waals surface area contributed by atoms with E-state index in [2.05, 4.69) is 185 Å². The average molecular weight is 761 g/mol. The summed E-state index contributed by atoms with van der Waals surface area (Å²) in [5.41, 5.74) is 2.26. The monoisotopic (exact) mass is 759 g/mol. The zero-order valence-electron chi connectivity index (χ0n) is 26.4. The molecule has 0 N–H and O–H groups in total. The predicted octanol–water partition coefficient (Wildman–Crippen LogP) is 5.45. The summed E-state index contributed by atoms with van der Waals surface area (Å²) in [6, 6.07) is 57.2. The molecule has 0 unspecified atom stereocenters. The Morgan fingerprint density at radius 2 is 0.787 bits per heavy atom. The van der Waals surface area contributed by atoms with Gasteiger partial charge in [0, 0.05) is 47.6 Å². The minimum Gasteiger partial charge on any atom is -1.00 e. The number of benzene rings is 6. The van der Waals surface area contributed by atoms with Crippen molar-refractivity contribution in [2.75, 3.05) is 0 Å². The molecule has 7 rings (SSSR count). The van der Waals surface area contributed by atoms with Crippen LogP contribution in [0.25, 0.3) is 0 Å². The van der Waals surface area contributed by atoms with Crippen LogP contribution in [0.1, 0.15) is 25.0 Å². The molecule has 1 nitrogen and oxygen atoms in total. The third-order valence-corrected chi connectivity index (χ3v) is 13.0. The predicted molar refractivity (Wildman–Crippen MR) is 197 cm³/mol. The van der Waals surface area contributed by atoms with Gasteiger partial charge in [0.15, 0.2) is 0 Å². The second-order valence-electron chi connectivity index (χ2n) is 11.3. The van der Waals surface area contributed by atoms with Crippen molar-refractivity contribution in [3.05, 3.63) is 188 Å². The van der Waals surface area contributed by atoms with Crippen molar-refractivity contribution in [1.82, 2.24) is 0 Å². The fourth-order valence-electron chi connectivity index (χ4n) is 6.01. The van der Waals surface area contributed by atoms with Crippen LogP contribution < -0.4 is 49.0 Å². The zero-order valence-corrected chi connectivity index (χ0v) is 30.5. The molecule has 0 radical (unpaired) electrons. The summed E-state index contributed by atoms with van der Waals surface area (Å²) in [4.78, 5) is 0. The van der Waals surface area contributed by atoms with Gasteiger partial charge >= 0.3 is 0 Å². The maximum absolute atomic E-state index is 7.26. The largest absolute Gasteiger partial charge is 1.00 e. The Labute approximate surface area is 302 Å². The van der Waals surface area contributed by atoms with E-state index in [0.717, 1.165) is 11.5 Å². The summed E-state index contributed by atoms with van der Waals surface area (Å²) in [7, 11) is -1.65. The third-order valence-electron chi connectivity index (χ3n) is 8.08. The molecule has 6 aromatic rings. The Morgan fingerprint density at radius 3 is 1.06 bits per heavy atom. The van der Waals surface area contributed by atoms with Crippen molar-refractivity contribution in [1.29, 1.82) is 0 Å². The summed E-state index contributed by atoms with van der Waals surface area (Å²) < 4.78 is 7.26. The molecule has 0 saturated carbocycles. The Morgan fingerprint density at radius 1 is 0.511 bits per heavy atom. The third kappa shape index (κ3) is 7.50. The summed E-state index contributed by atoms with van der Waals surface area (Å²) in [5.74, 6) is 2.02. The first-order valence-electron chi connectivity index (χ1n) is 15.1. The van der Waals surface area contributed by atoms with Crippen molar-refractivity contribution in [2.24, 2.45) is 0 Å². The van der Waals surface area contributed by atoms with Crippen LogP contribution in [-0.4, -0.2) is 0 Å². The van der Waals surface area contributed by atoms with E-state index in [-0.39, 0.29) is 38.2 Å². The second-order valence-corrected chi connectivity index (χ2v) is 15.7. The van der Waals surface area contributed by atoms with Gasteiger partial charge in [0.2, 0.25) is 0 Å².